The van der Waals surface area contributed by atoms with Crippen molar-refractivity contribution < 1.29 is 0 Å². The maximum absolute atomic E-state index is 8.95. The van der Waals surface area contributed by atoms with E-state index >= 15 is 0 Å². The summed E-state index contributed by atoms with van der Waals surface area (Å²) in [6.07, 6.45) is 1.94. The molecule has 2 aromatic heterocycles. The third-order valence-electron chi connectivity index (χ3n) is 3.23. The number of anilines is 1. The number of imidazole rings is 1. The molecule has 0 unspecified atom stereocenters. The molecule has 2 N–H and O–H groups in total. The summed E-state index contributed by atoms with van der Waals surface area (Å²) in [7, 11) is 0. The molecule has 5 nitrogen and oxygen atoms in total. The molecule has 98 valence electrons. The van der Waals surface area contributed by atoms with Gasteiger partial charge < -0.3 is 10.3 Å². The first kappa shape index (κ1) is 12.2. The lowest BCUT2D eigenvalue weighted by Gasteiger charge is -2.09. The van der Waals surface area contributed by atoms with Crippen LogP contribution in [0.25, 0.3) is 11.0 Å². The minimum absolute atomic E-state index is 0.273. The van der Waals surface area contributed by atoms with Crippen molar-refractivity contribution in [2.75, 3.05) is 5.73 Å². The quantitative estimate of drug-likeness (QED) is 0.785. The number of nitrogens with two attached hydrogens (primary N) is 1. The normalized spacial score (nSPS) is 10.6. The molecule has 0 radical (unpaired) electrons. The Hall–Kier alpha value is -2.87. The molecule has 3 aromatic rings. The third kappa shape index (κ3) is 2.08. The highest BCUT2D eigenvalue weighted by atomic mass is 15.1. The first-order valence-electron chi connectivity index (χ1n) is 6.30. The highest BCUT2D eigenvalue weighted by Gasteiger charge is 2.11. The molecular formula is C15H13N5. The molecule has 0 amide bonds. The second-order valence-corrected chi connectivity index (χ2v) is 4.49. The van der Waals surface area contributed by atoms with E-state index in [1.807, 2.05) is 41.0 Å². The van der Waals surface area contributed by atoms with Gasteiger partial charge in [0.2, 0.25) is 0 Å². The van der Waals surface area contributed by atoms with Crippen molar-refractivity contribution in [1.29, 1.82) is 5.26 Å². The Morgan fingerprint density at radius 1 is 1.20 bits per heavy atom. The Morgan fingerprint density at radius 3 is 2.85 bits per heavy atom. The van der Waals surface area contributed by atoms with E-state index in [0.717, 1.165) is 22.4 Å². The Labute approximate surface area is 116 Å². The van der Waals surface area contributed by atoms with Crippen LogP contribution in [0.15, 0.2) is 42.6 Å². The van der Waals surface area contributed by atoms with Gasteiger partial charge in [0.25, 0.3) is 0 Å². The SMILES string of the molecule is N#CCc1nc2ccccc2n1Cc1cccnc1N. The molecular weight excluding hydrogens is 250 g/mol. The van der Waals surface area contributed by atoms with Crippen molar-refractivity contribution in [1.82, 2.24) is 14.5 Å². The van der Waals surface area contributed by atoms with Crippen LogP contribution in [0.4, 0.5) is 5.82 Å². The zero-order valence-electron chi connectivity index (χ0n) is 10.8. The van der Waals surface area contributed by atoms with Crippen LogP contribution < -0.4 is 5.73 Å². The molecule has 5 heteroatoms. The summed E-state index contributed by atoms with van der Waals surface area (Å²) in [5.74, 6) is 1.25. The van der Waals surface area contributed by atoms with E-state index in [9.17, 15) is 0 Å². The monoisotopic (exact) mass is 263 g/mol. The number of hydrogen-bond donors (Lipinski definition) is 1. The minimum atomic E-state index is 0.273. The molecule has 0 atom stereocenters. The van der Waals surface area contributed by atoms with Gasteiger partial charge in [-0.3, -0.25) is 0 Å². The van der Waals surface area contributed by atoms with Crippen LogP contribution in [0, 0.1) is 11.3 Å². The highest BCUT2D eigenvalue weighted by molar-refractivity contribution is 5.76. The van der Waals surface area contributed by atoms with Crippen molar-refractivity contribution in [3.8, 4) is 6.07 Å². The van der Waals surface area contributed by atoms with Gasteiger partial charge in [-0.25, -0.2) is 9.97 Å². The second-order valence-electron chi connectivity index (χ2n) is 4.49. The van der Waals surface area contributed by atoms with E-state index in [4.69, 9.17) is 11.0 Å². The summed E-state index contributed by atoms with van der Waals surface area (Å²) in [6, 6.07) is 13.8. The average Bonchev–Trinajstić information content (AvgIpc) is 2.80. The van der Waals surface area contributed by atoms with Crippen molar-refractivity contribution in [3.05, 3.63) is 54.0 Å². The zero-order chi connectivity index (χ0) is 13.9. The number of para-hydroxylation sites is 2. The predicted octanol–water partition coefficient (Wildman–Crippen LogP) is 2.13. The van der Waals surface area contributed by atoms with Crippen LogP contribution in [-0.2, 0) is 13.0 Å². The van der Waals surface area contributed by atoms with E-state index in [2.05, 4.69) is 16.0 Å². The van der Waals surface area contributed by atoms with Crippen molar-refractivity contribution in [2.24, 2.45) is 0 Å². The average molecular weight is 263 g/mol. The molecule has 0 bridgehead atoms. The standard InChI is InChI=1S/C15H13N5/c16-8-7-14-19-12-5-1-2-6-13(12)20(14)10-11-4-3-9-18-15(11)17/h1-6,9H,7,10H2,(H2,17,18). The Balaban J connectivity index is 2.12. The van der Waals surface area contributed by atoms with E-state index in [1.54, 1.807) is 6.20 Å². The fourth-order valence-electron chi connectivity index (χ4n) is 2.26. The van der Waals surface area contributed by atoms with Crippen molar-refractivity contribution in [3.63, 3.8) is 0 Å². The predicted molar refractivity (Wildman–Crippen MR) is 76.8 cm³/mol. The number of fused-ring (bicyclic) bond motifs is 1. The van der Waals surface area contributed by atoms with Crippen molar-refractivity contribution >= 4 is 16.9 Å². The van der Waals surface area contributed by atoms with Gasteiger partial charge in [0.15, 0.2) is 0 Å². The summed E-state index contributed by atoms with van der Waals surface area (Å²) in [6.45, 7) is 0.567. The fraction of sp³-hybridized carbons (Fsp3) is 0.133. The molecule has 20 heavy (non-hydrogen) atoms. The molecule has 1 aromatic carbocycles. The fourth-order valence-corrected chi connectivity index (χ4v) is 2.26. The summed E-state index contributed by atoms with van der Waals surface area (Å²) in [4.78, 5) is 8.60. The van der Waals surface area contributed by atoms with Crippen LogP contribution in [0.2, 0.25) is 0 Å². The Bertz CT molecular complexity index is 797. The number of hydrogen-bond acceptors (Lipinski definition) is 4. The number of benzene rings is 1. The number of nitrogen functional groups attached to an aromatic ring is 1. The van der Waals surface area contributed by atoms with Gasteiger partial charge in [0.1, 0.15) is 11.6 Å². The van der Waals surface area contributed by atoms with Gasteiger partial charge in [-0.1, -0.05) is 18.2 Å². The maximum Gasteiger partial charge on any atom is 0.128 e. The highest BCUT2D eigenvalue weighted by Crippen LogP contribution is 2.19. The third-order valence-corrected chi connectivity index (χ3v) is 3.23. The largest absolute Gasteiger partial charge is 0.383 e. The Kier molecular flexibility index (Phi) is 3.05. The van der Waals surface area contributed by atoms with Gasteiger partial charge in [-0.15, -0.1) is 0 Å². The summed E-state index contributed by atoms with van der Waals surface area (Å²) in [5, 5.41) is 8.95. The topological polar surface area (TPSA) is 80.5 Å². The number of nitriles is 1. The molecule has 2 heterocycles. The van der Waals surface area contributed by atoms with Gasteiger partial charge in [0.05, 0.1) is 30.1 Å². The van der Waals surface area contributed by atoms with Gasteiger partial charge in [0, 0.05) is 11.8 Å². The van der Waals surface area contributed by atoms with Crippen LogP contribution in [-0.4, -0.2) is 14.5 Å². The van der Waals surface area contributed by atoms with Gasteiger partial charge >= 0.3 is 0 Å². The zero-order valence-corrected chi connectivity index (χ0v) is 10.8. The van der Waals surface area contributed by atoms with E-state index in [0.29, 0.717) is 12.4 Å². The maximum atomic E-state index is 8.95. The first-order chi connectivity index (χ1) is 9.79. The second kappa shape index (κ2) is 5.02. The van der Waals surface area contributed by atoms with E-state index in [1.165, 1.54) is 0 Å². The molecule has 0 aliphatic heterocycles. The van der Waals surface area contributed by atoms with E-state index in [-0.39, 0.29) is 6.42 Å². The summed E-state index contributed by atoms with van der Waals surface area (Å²) >= 11 is 0. The molecule has 0 aliphatic carbocycles. The molecule has 0 saturated heterocycles. The molecule has 0 spiro atoms. The van der Waals surface area contributed by atoms with Gasteiger partial charge in [-0.2, -0.15) is 5.26 Å². The smallest absolute Gasteiger partial charge is 0.128 e. The molecule has 0 saturated carbocycles. The number of aromatic nitrogens is 3. The first-order valence-corrected chi connectivity index (χ1v) is 6.30. The number of rotatable bonds is 3. The molecule has 0 fully saturated rings. The van der Waals surface area contributed by atoms with Crippen LogP contribution >= 0.6 is 0 Å². The number of pyridine rings is 1. The lowest BCUT2D eigenvalue weighted by atomic mass is 10.2. The lowest BCUT2D eigenvalue weighted by Crippen LogP contribution is -2.07. The molecule has 0 aliphatic rings. The lowest BCUT2D eigenvalue weighted by molar-refractivity contribution is 0.768. The van der Waals surface area contributed by atoms with E-state index < -0.39 is 0 Å². The summed E-state index contributed by atoms with van der Waals surface area (Å²) in [5.41, 5.74) is 8.71. The van der Waals surface area contributed by atoms with Crippen molar-refractivity contribution in [2.45, 2.75) is 13.0 Å². The van der Waals surface area contributed by atoms with Crippen LogP contribution in [0.1, 0.15) is 11.4 Å². The Morgan fingerprint density at radius 2 is 2.05 bits per heavy atom. The van der Waals surface area contributed by atoms with Crippen LogP contribution in [0.5, 0.6) is 0 Å². The van der Waals surface area contributed by atoms with Gasteiger partial charge in [-0.05, 0) is 18.2 Å². The summed E-state index contributed by atoms with van der Waals surface area (Å²) < 4.78 is 2.02. The number of nitrogens with zero attached hydrogens (tertiary/aromatic N) is 4. The van der Waals surface area contributed by atoms with Crippen LogP contribution in [0.3, 0.4) is 0 Å². The molecule has 3 rings (SSSR count). The minimum Gasteiger partial charge on any atom is -0.383 e.